The summed E-state index contributed by atoms with van der Waals surface area (Å²) in [5.74, 6) is -3.28. The normalized spacial score (nSPS) is 35.7. The molecule has 0 aromatic rings. The Labute approximate surface area is 97.2 Å². The fraction of sp³-hybridized carbons (Fsp3) is 0.700. The van der Waals surface area contributed by atoms with Crippen molar-refractivity contribution in [2.75, 3.05) is 6.54 Å². The Morgan fingerprint density at radius 3 is 2.29 bits per heavy atom. The van der Waals surface area contributed by atoms with E-state index in [1.165, 1.54) is 4.90 Å². The van der Waals surface area contributed by atoms with Crippen LogP contribution in [0, 0.1) is 11.8 Å². The molecule has 1 aliphatic carbocycles. The molecule has 17 heavy (non-hydrogen) atoms. The van der Waals surface area contributed by atoms with E-state index in [0.717, 1.165) is 0 Å². The van der Waals surface area contributed by atoms with Crippen molar-refractivity contribution in [3.63, 3.8) is 0 Å². The summed E-state index contributed by atoms with van der Waals surface area (Å²) in [5.41, 5.74) is 5.14. The highest BCUT2D eigenvalue weighted by Crippen LogP contribution is 2.41. The van der Waals surface area contributed by atoms with Gasteiger partial charge in [0.25, 0.3) is 0 Å². The van der Waals surface area contributed by atoms with Crippen LogP contribution in [0.4, 0.5) is 0 Å². The van der Waals surface area contributed by atoms with Gasteiger partial charge >= 0.3 is 5.97 Å². The van der Waals surface area contributed by atoms with Crippen molar-refractivity contribution in [2.24, 2.45) is 17.6 Å². The number of hydrogen-bond donors (Lipinski definition) is 3. The van der Waals surface area contributed by atoms with Crippen molar-refractivity contribution in [3.8, 4) is 0 Å². The Balaban J connectivity index is 2.04. The Morgan fingerprint density at radius 1 is 1.18 bits per heavy atom. The SMILES string of the molecule is NC(=O)C1CC(O)CN1C(=O)C1CC1C(=O)O. The summed E-state index contributed by atoms with van der Waals surface area (Å²) in [5, 5.41) is 18.2. The number of β-amino-alcohol motifs (C(OH)–C–C–N with tert-alkyl or cyclic N) is 1. The van der Waals surface area contributed by atoms with Crippen LogP contribution in [0.1, 0.15) is 12.8 Å². The number of carbonyl (C=O) groups is 3. The number of nitrogens with two attached hydrogens (primary N) is 1. The molecule has 94 valence electrons. The minimum Gasteiger partial charge on any atom is -0.481 e. The molecular weight excluding hydrogens is 228 g/mol. The molecule has 1 saturated carbocycles. The maximum absolute atomic E-state index is 11.9. The monoisotopic (exact) mass is 242 g/mol. The number of carbonyl (C=O) groups excluding carboxylic acids is 2. The van der Waals surface area contributed by atoms with Gasteiger partial charge in [-0.05, 0) is 6.42 Å². The molecule has 2 amide bonds. The smallest absolute Gasteiger partial charge is 0.307 e. The third kappa shape index (κ3) is 2.10. The van der Waals surface area contributed by atoms with Gasteiger partial charge in [-0.3, -0.25) is 14.4 Å². The summed E-state index contributed by atoms with van der Waals surface area (Å²) in [6.45, 7) is 0.0509. The highest BCUT2D eigenvalue weighted by Gasteiger charge is 2.52. The fourth-order valence-electron chi connectivity index (χ4n) is 2.28. The third-order valence-electron chi connectivity index (χ3n) is 3.32. The fourth-order valence-corrected chi connectivity index (χ4v) is 2.28. The van der Waals surface area contributed by atoms with Crippen LogP contribution in [-0.2, 0) is 14.4 Å². The summed E-state index contributed by atoms with van der Waals surface area (Å²) in [6.07, 6.45) is -0.337. The number of primary amides is 1. The molecule has 4 unspecified atom stereocenters. The second kappa shape index (κ2) is 3.99. The average Bonchev–Trinajstić information content (AvgIpc) is 2.94. The Kier molecular flexibility index (Phi) is 2.78. The predicted molar refractivity (Wildman–Crippen MR) is 54.6 cm³/mol. The first-order valence-electron chi connectivity index (χ1n) is 5.42. The molecule has 0 aromatic carbocycles. The largest absolute Gasteiger partial charge is 0.481 e. The van der Waals surface area contributed by atoms with Crippen molar-refractivity contribution in [1.29, 1.82) is 0 Å². The van der Waals surface area contributed by atoms with Gasteiger partial charge in [0, 0.05) is 13.0 Å². The summed E-state index contributed by atoms with van der Waals surface area (Å²) in [6, 6.07) is -0.812. The van der Waals surface area contributed by atoms with Crippen LogP contribution in [0.5, 0.6) is 0 Å². The van der Waals surface area contributed by atoms with Gasteiger partial charge in [-0.1, -0.05) is 0 Å². The van der Waals surface area contributed by atoms with Crippen LogP contribution in [0.25, 0.3) is 0 Å². The number of carboxylic acid groups (broad SMARTS) is 1. The first-order valence-corrected chi connectivity index (χ1v) is 5.42. The Bertz CT molecular complexity index is 383. The minimum absolute atomic E-state index is 0.0509. The first-order chi connectivity index (χ1) is 7.91. The molecule has 0 bridgehead atoms. The van der Waals surface area contributed by atoms with Gasteiger partial charge in [0.1, 0.15) is 6.04 Å². The van der Waals surface area contributed by atoms with Crippen LogP contribution in [0.15, 0.2) is 0 Å². The van der Waals surface area contributed by atoms with E-state index in [2.05, 4.69) is 0 Å². The van der Waals surface area contributed by atoms with Gasteiger partial charge in [-0.15, -0.1) is 0 Å². The lowest BCUT2D eigenvalue weighted by Gasteiger charge is -2.21. The number of carboxylic acids is 1. The lowest BCUT2D eigenvalue weighted by Crippen LogP contribution is -2.44. The highest BCUT2D eigenvalue weighted by molar-refractivity contribution is 5.93. The van der Waals surface area contributed by atoms with E-state index in [9.17, 15) is 19.5 Å². The Hall–Kier alpha value is -1.63. The molecule has 2 aliphatic rings. The molecule has 7 nitrogen and oxygen atoms in total. The van der Waals surface area contributed by atoms with Gasteiger partial charge in [-0.25, -0.2) is 0 Å². The van der Waals surface area contributed by atoms with Gasteiger partial charge in [0.15, 0.2) is 0 Å². The summed E-state index contributed by atoms with van der Waals surface area (Å²) in [7, 11) is 0. The first kappa shape index (κ1) is 11.8. The minimum atomic E-state index is -1.00. The molecule has 0 spiro atoms. The topological polar surface area (TPSA) is 121 Å². The number of rotatable bonds is 3. The summed E-state index contributed by atoms with van der Waals surface area (Å²) < 4.78 is 0. The van der Waals surface area contributed by atoms with Crippen LogP contribution < -0.4 is 5.73 Å². The van der Waals surface area contributed by atoms with Crippen molar-refractivity contribution in [1.82, 2.24) is 4.90 Å². The van der Waals surface area contributed by atoms with E-state index >= 15 is 0 Å². The van der Waals surface area contributed by atoms with Crippen molar-refractivity contribution >= 4 is 17.8 Å². The maximum Gasteiger partial charge on any atom is 0.307 e. The van der Waals surface area contributed by atoms with Crippen molar-refractivity contribution in [2.45, 2.75) is 25.0 Å². The molecular formula is C10H14N2O5. The molecule has 1 heterocycles. The quantitative estimate of drug-likeness (QED) is 0.536. The molecule has 4 atom stereocenters. The Morgan fingerprint density at radius 2 is 1.82 bits per heavy atom. The van der Waals surface area contributed by atoms with E-state index in [1.807, 2.05) is 0 Å². The number of nitrogens with zero attached hydrogens (tertiary/aromatic N) is 1. The standard InChI is InChI=1S/C10H14N2O5/c11-8(14)7-1-4(13)3-12(7)9(15)5-2-6(5)10(16)17/h4-7,13H,1-3H2,(H2,11,14)(H,16,17). The summed E-state index contributed by atoms with van der Waals surface area (Å²) >= 11 is 0. The molecule has 4 N–H and O–H groups in total. The second-order valence-electron chi connectivity index (χ2n) is 4.59. The number of aliphatic hydroxyl groups is 1. The lowest BCUT2D eigenvalue weighted by atomic mass is 10.2. The molecule has 2 fully saturated rings. The van der Waals surface area contributed by atoms with Crippen molar-refractivity contribution in [3.05, 3.63) is 0 Å². The highest BCUT2D eigenvalue weighted by atomic mass is 16.4. The van der Waals surface area contributed by atoms with Crippen LogP contribution in [-0.4, -0.2) is 51.6 Å². The molecule has 1 saturated heterocycles. The van der Waals surface area contributed by atoms with E-state index in [4.69, 9.17) is 10.8 Å². The molecule has 7 heteroatoms. The van der Waals surface area contributed by atoms with Gasteiger partial charge in [0.2, 0.25) is 11.8 Å². The number of amides is 2. The van der Waals surface area contributed by atoms with Crippen molar-refractivity contribution < 1.29 is 24.6 Å². The van der Waals surface area contributed by atoms with E-state index in [0.29, 0.717) is 6.42 Å². The lowest BCUT2D eigenvalue weighted by molar-refractivity contribution is -0.143. The average molecular weight is 242 g/mol. The van der Waals surface area contributed by atoms with Crippen LogP contribution in [0.2, 0.25) is 0 Å². The summed E-state index contributed by atoms with van der Waals surface area (Å²) in [4.78, 5) is 34.9. The zero-order chi connectivity index (χ0) is 12.7. The number of hydrogen-bond acceptors (Lipinski definition) is 4. The maximum atomic E-state index is 11.9. The van der Waals surface area contributed by atoms with Crippen LogP contribution in [0.3, 0.4) is 0 Å². The van der Waals surface area contributed by atoms with E-state index in [1.54, 1.807) is 0 Å². The molecule has 0 radical (unpaired) electrons. The molecule has 2 rings (SSSR count). The zero-order valence-corrected chi connectivity index (χ0v) is 9.07. The number of likely N-dealkylation sites (tertiary alicyclic amines) is 1. The van der Waals surface area contributed by atoms with Gasteiger partial charge in [-0.2, -0.15) is 0 Å². The van der Waals surface area contributed by atoms with Crippen LogP contribution >= 0.6 is 0 Å². The van der Waals surface area contributed by atoms with Gasteiger partial charge < -0.3 is 20.8 Å². The zero-order valence-electron chi connectivity index (χ0n) is 9.07. The van der Waals surface area contributed by atoms with E-state index in [-0.39, 0.29) is 13.0 Å². The number of aliphatic hydroxyl groups excluding tert-OH is 1. The second-order valence-corrected chi connectivity index (χ2v) is 4.59. The van der Waals surface area contributed by atoms with E-state index < -0.39 is 41.8 Å². The predicted octanol–water partition coefficient (Wildman–Crippen LogP) is -1.85. The third-order valence-corrected chi connectivity index (χ3v) is 3.32. The number of aliphatic carboxylic acids is 1. The van der Waals surface area contributed by atoms with Gasteiger partial charge in [0.05, 0.1) is 17.9 Å². The molecule has 1 aliphatic heterocycles. The molecule has 0 aromatic heterocycles.